The zero-order valence-electron chi connectivity index (χ0n) is 44.8. The molecule has 15 nitrogen and oxygen atoms in total. The van der Waals surface area contributed by atoms with E-state index >= 15 is 4.79 Å². The summed E-state index contributed by atoms with van der Waals surface area (Å²) in [5.41, 5.74) is 5.11. The summed E-state index contributed by atoms with van der Waals surface area (Å²) in [6, 6.07) is 32.3. The van der Waals surface area contributed by atoms with Gasteiger partial charge in [0.15, 0.2) is 5.60 Å². The van der Waals surface area contributed by atoms with Crippen LogP contribution in [-0.2, 0) is 44.1 Å². The fourth-order valence-electron chi connectivity index (χ4n) is 12.4. The number of amides is 3. The maximum absolute atomic E-state index is 16.1. The molecule has 1 fully saturated rings. The average Bonchev–Trinajstić information content (AvgIpc) is 3.88. The van der Waals surface area contributed by atoms with Crippen LogP contribution in [0, 0.1) is 5.92 Å². The van der Waals surface area contributed by atoms with Crippen molar-refractivity contribution in [2.24, 2.45) is 5.92 Å². The molecule has 404 valence electrons. The van der Waals surface area contributed by atoms with Gasteiger partial charge in [-0.05, 0) is 173 Å². The van der Waals surface area contributed by atoms with Crippen molar-refractivity contribution in [1.29, 1.82) is 0 Å². The summed E-state index contributed by atoms with van der Waals surface area (Å²) in [5, 5.41) is 37.8. The average molecular weight is 1050 g/mol. The Kier molecular flexibility index (Phi) is 17.0. The molecule has 9 rings (SSSR count). The quantitative estimate of drug-likeness (QED) is 0.0321. The first-order valence-corrected chi connectivity index (χ1v) is 30.3. The highest BCUT2D eigenvalue weighted by atomic mass is 28.3. The van der Waals surface area contributed by atoms with E-state index in [0.717, 1.165) is 46.0 Å². The Morgan fingerprint density at radius 2 is 1.22 bits per heavy atom. The third-order valence-electron chi connectivity index (χ3n) is 16.0. The minimum Gasteiger partial charge on any atom is -0.497 e. The first-order chi connectivity index (χ1) is 36.8. The molecule has 4 heterocycles. The predicted molar refractivity (Wildman–Crippen MR) is 298 cm³/mol. The van der Waals surface area contributed by atoms with Gasteiger partial charge in [0.05, 0.1) is 70.2 Å². The number of hydrogen-bond donors (Lipinski definition) is 5. The Balaban J connectivity index is 1.14. The molecule has 5 N–H and O–H groups in total. The SMILES string of the molecule is CCOc1ccc2c(c1)CC(NCCCCO)C(=O)N2c1cccc(CN2C(=O)[C@]3(O[C@H](CCO)[C@@H]([Si](C)(C)c4ccc(OC)cc4)[C@@H]3C)c3cc(N4C(=O)C(NCCCCO)Cc5cc(OCC)ccc54)ccc32)c1. The molecule has 76 heavy (non-hydrogen) atoms. The molecule has 0 aliphatic carbocycles. The van der Waals surface area contributed by atoms with Crippen LogP contribution in [0.3, 0.4) is 0 Å². The molecule has 0 saturated carbocycles. The molecule has 2 unspecified atom stereocenters. The Morgan fingerprint density at radius 3 is 1.76 bits per heavy atom. The van der Waals surface area contributed by atoms with Gasteiger partial charge < -0.3 is 49.8 Å². The summed E-state index contributed by atoms with van der Waals surface area (Å²) in [4.78, 5) is 51.0. The molecule has 3 amide bonds. The van der Waals surface area contributed by atoms with E-state index in [-0.39, 0.29) is 55.5 Å². The number of nitrogens with one attached hydrogen (secondary N) is 2. The van der Waals surface area contributed by atoms with Crippen molar-refractivity contribution in [3.8, 4) is 17.2 Å². The molecule has 16 heteroatoms. The monoisotopic (exact) mass is 1050 g/mol. The molecule has 4 aliphatic heterocycles. The number of hydrogen-bond acceptors (Lipinski definition) is 12. The van der Waals surface area contributed by atoms with Crippen LogP contribution in [0.15, 0.2) is 103 Å². The zero-order chi connectivity index (χ0) is 53.7. The first-order valence-electron chi connectivity index (χ1n) is 27.2. The number of carbonyl (C=O) groups is 3. The summed E-state index contributed by atoms with van der Waals surface area (Å²) < 4.78 is 24.8. The molecule has 4 aliphatic rings. The van der Waals surface area contributed by atoms with Crippen LogP contribution in [-0.4, -0.2) is 113 Å². The molecule has 0 bridgehead atoms. The van der Waals surface area contributed by atoms with E-state index in [9.17, 15) is 24.9 Å². The minimum absolute atomic E-state index is 0.0689. The number of carbonyl (C=O) groups excluding carboxylic acids is 3. The number of rotatable bonds is 23. The van der Waals surface area contributed by atoms with E-state index in [2.05, 4.69) is 42.8 Å². The van der Waals surface area contributed by atoms with Gasteiger partial charge in [-0.2, -0.15) is 0 Å². The summed E-state index contributed by atoms with van der Waals surface area (Å²) in [5.74, 6) is 1.34. The van der Waals surface area contributed by atoms with E-state index in [4.69, 9.17) is 18.9 Å². The molecule has 5 aromatic rings. The molecule has 1 spiro atoms. The van der Waals surface area contributed by atoms with Crippen molar-refractivity contribution < 1.29 is 48.7 Å². The van der Waals surface area contributed by atoms with Crippen LogP contribution in [0.25, 0.3) is 0 Å². The Labute approximate surface area is 448 Å². The summed E-state index contributed by atoms with van der Waals surface area (Å²) in [6.45, 7) is 12.9. The number of aliphatic hydroxyl groups excluding tert-OH is 3. The number of benzene rings is 5. The lowest BCUT2D eigenvalue weighted by Crippen LogP contribution is -2.52. The van der Waals surface area contributed by atoms with Gasteiger partial charge >= 0.3 is 0 Å². The van der Waals surface area contributed by atoms with E-state index < -0.39 is 31.9 Å². The summed E-state index contributed by atoms with van der Waals surface area (Å²) in [7, 11) is -0.895. The van der Waals surface area contributed by atoms with Gasteiger partial charge in [-0.1, -0.05) is 49.5 Å². The highest BCUT2D eigenvalue weighted by Crippen LogP contribution is 2.61. The van der Waals surface area contributed by atoms with Gasteiger partial charge in [0.2, 0.25) is 11.8 Å². The lowest BCUT2D eigenvalue weighted by Gasteiger charge is -2.37. The van der Waals surface area contributed by atoms with E-state index in [1.807, 2.05) is 105 Å². The minimum atomic E-state index is -2.54. The van der Waals surface area contributed by atoms with E-state index in [0.29, 0.717) is 93.2 Å². The van der Waals surface area contributed by atoms with Crippen LogP contribution < -0.4 is 44.7 Å². The van der Waals surface area contributed by atoms with Crippen LogP contribution in [0.4, 0.5) is 28.4 Å². The number of anilines is 5. The second kappa shape index (κ2) is 23.6. The number of ether oxygens (including phenoxy) is 4. The van der Waals surface area contributed by atoms with Gasteiger partial charge in [0.25, 0.3) is 5.91 Å². The van der Waals surface area contributed by atoms with Crippen molar-refractivity contribution in [3.05, 3.63) is 125 Å². The third-order valence-corrected chi connectivity index (χ3v) is 20.4. The van der Waals surface area contributed by atoms with Crippen molar-refractivity contribution in [2.45, 2.75) is 115 Å². The highest BCUT2D eigenvalue weighted by Gasteiger charge is 2.66. The van der Waals surface area contributed by atoms with E-state index in [1.165, 1.54) is 5.19 Å². The van der Waals surface area contributed by atoms with Gasteiger partial charge in [0.1, 0.15) is 17.2 Å². The summed E-state index contributed by atoms with van der Waals surface area (Å²) in [6.07, 6.45) is 3.45. The molecule has 0 radical (unpaired) electrons. The normalized spacial score (nSPS) is 22.0. The maximum atomic E-state index is 16.1. The van der Waals surface area contributed by atoms with Gasteiger partial charge in [-0.3, -0.25) is 24.2 Å². The molecular weight excluding hydrogens is 979 g/mol. The lowest BCUT2D eigenvalue weighted by molar-refractivity contribution is -0.146. The molecular formula is C60H75N5O10Si. The number of methoxy groups -OCH3 is 1. The second-order valence-electron chi connectivity index (χ2n) is 21.0. The molecule has 1 saturated heterocycles. The van der Waals surface area contributed by atoms with Gasteiger partial charge in [0, 0.05) is 42.7 Å². The van der Waals surface area contributed by atoms with Crippen LogP contribution in [0.2, 0.25) is 18.6 Å². The van der Waals surface area contributed by atoms with Crippen molar-refractivity contribution in [2.75, 3.05) is 67.9 Å². The van der Waals surface area contributed by atoms with Gasteiger partial charge in [-0.15, -0.1) is 0 Å². The predicted octanol–water partition coefficient (Wildman–Crippen LogP) is 7.54. The fourth-order valence-corrected chi connectivity index (χ4v) is 16.5. The highest BCUT2D eigenvalue weighted by molar-refractivity contribution is 6.91. The van der Waals surface area contributed by atoms with Crippen molar-refractivity contribution >= 4 is 59.4 Å². The standard InChI is InChI=1S/C60H75N5O10Si/c1-7-73-46-19-24-52-41(33-46)35-50(61-27-9-11-29-66)57(69)64(52)43-15-13-14-40(32-43)38-63-54-23-16-44(65-53-25-20-47(74-8-2)34-42(53)36-51(58(65)70)62-28-10-12-30-67)37-49(54)60(59(63)71)39(3)56(55(75-60)26-31-68)76(5,6)48-21-17-45(72-4)18-22-48/h13-25,32-34,37,39,50-51,55-56,61-62,66-68H,7-12,26-31,35-36,38H2,1-6H3/t39-,50?,51?,55+,56-,60+/m0/s1. The van der Waals surface area contributed by atoms with Crippen molar-refractivity contribution in [3.63, 3.8) is 0 Å². The van der Waals surface area contributed by atoms with Crippen LogP contribution in [0.5, 0.6) is 17.2 Å². The Morgan fingerprint density at radius 1 is 0.671 bits per heavy atom. The number of nitrogens with zero attached hydrogens (tertiary/aromatic N) is 3. The number of fused-ring (bicyclic) bond motifs is 4. The topological polar surface area (TPSA) is 183 Å². The molecule has 5 aromatic carbocycles. The van der Waals surface area contributed by atoms with Crippen LogP contribution in [0.1, 0.15) is 75.1 Å². The van der Waals surface area contributed by atoms with Crippen LogP contribution >= 0.6 is 0 Å². The molecule has 6 atom stereocenters. The Hall–Kier alpha value is -6.11. The third kappa shape index (κ3) is 10.4. The number of aliphatic hydroxyl groups is 3. The maximum Gasteiger partial charge on any atom is 0.264 e. The molecule has 0 aromatic heterocycles. The zero-order valence-corrected chi connectivity index (χ0v) is 45.8. The second-order valence-corrected chi connectivity index (χ2v) is 25.7. The van der Waals surface area contributed by atoms with Gasteiger partial charge in [-0.25, -0.2) is 0 Å². The Bertz CT molecular complexity index is 2880. The number of unbranched alkanes of at least 4 members (excludes halogenated alkanes) is 2. The lowest BCUT2D eigenvalue weighted by atomic mass is 9.82. The fraction of sp³-hybridized carbons (Fsp3) is 0.450. The smallest absolute Gasteiger partial charge is 0.264 e. The van der Waals surface area contributed by atoms with E-state index in [1.54, 1.807) is 21.8 Å². The first kappa shape index (κ1) is 54.7. The van der Waals surface area contributed by atoms with Crippen molar-refractivity contribution in [1.82, 2.24) is 10.6 Å². The summed E-state index contributed by atoms with van der Waals surface area (Å²) >= 11 is 0. The largest absolute Gasteiger partial charge is 0.497 e.